The molecule has 1 heterocycles. The normalized spacial score (nSPS) is 12.8. The number of ether oxygens (including phenoxy) is 2. The predicted molar refractivity (Wildman–Crippen MR) is 86.6 cm³/mol. The highest BCUT2D eigenvalue weighted by atomic mass is 19.4. The number of nitrogens with one attached hydrogen (secondary N) is 2. The van der Waals surface area contributed by atoms with Crippen LogP contribution >= 0.6 is 0 Å². The Hall–Kier alpha value is -3.74. The van der Waals surface area contributed by atoms with Crippen molar-refractivity contribution in [2.24, 2.45) is 10.8 Å². The number of amidine groups is 1. The molecule has 26 heavy (non-hydrogen) atoms. The highest BCUT2D eigenvalue weighted by Crippen LogP contribution is 2.50. The number of hydrogen-bond donors (Lipinski definition) is 3. The number of para-hydroxylation sites is 2. The topological polar surface area (TPSA) is 117 Å². The highest BCUT2D eigenvalue weighted by molar-refractivity contribution is 6.45. The fourth-order valence-corrected chi connectivity index (χ4v) is 2.14. The van der Waals surface area contributed by atoms with Gasteiger partial charge in [0.15, 0.2) is 28.8 Å². The van der Waals surface area contributed by atoms with Crippen LogP contribution in [0, 0.1) is 16.7 Å². The summed E-state index contributed by atoms with van der Waals surface area (Å²) in [6.45, 7) is 0. The molecular formula is C16H10F3N5O2. The van der Waals surface area contributed by atoms with E-state index in [9.17, 15) is 13.2 Å². The summed E-state index contributed by atoms with van der Waals surface area (Å²) in [5.41, 5.74) is 5.76. The van der Waals surface area contributed by atoms with Crippen molar-refractivity contribution >= 4 is 17.2 Å². The summed E-state index contributed by atoms with van der Waals surface area (Å²) in [4.78, 5) is 0. The summed E-state index contributed by atoms with van der Waals surface area (Å²) in [7, 11) is 0. The van der Waals surface area contributed by atoms with Crippen LogP contribution in [-0.4, -0.2) is 11.5 Å². The maximum atomic E-state index is 13.2. The molecule has 3 rings (SSSR count). The molecule has 0 bridgehead atoms. The summed E-state index contributed by atoms with van der Waals surface area (Å²) in [5.74, 6) is -0.281. The first-order valence-electron chi connectivity index (χ1n) is 7.07. The van der Waals surface area contributed by atoms with E-state index >= 15 is 0 Å². The third-order valence-corrected chi connectivity index (χ3v) is 3.31. The van der Waals surface area contributed by atoms with Crippen molar-refractivity contribution < 1.29 is 22.6 Å². The van der Waals surface area contributed by atoms with Crippen molar-refractivity contribution in [2.45, 2.75) is 6.18 Å². The summed E-state index contributed by atoms with van der Waals surface area (Å²) < 4.78 is 50.6. The van der Waals surface area contributed by atoms with Crippen LogP contribution in [-0.2, 0) is 6.18 Å². The van der Waals surface area contributed by atoms with Gasteiger partial charge in [0.2, 0.25) is 5.71 Å². The van der Waals surface area contributed by atoms with Gasteiger partial charge in [0.25, 0.3) is 0 Å². The first-order chi connectivity index (χ1) is 12.3. The van der Waals surface area contributed by atoms with Crippen molar-refractivity contribution in [2.75, 3.05) is 5.43 Å². The average Bonchev–Trinajstić information content (AvgIpc) is 2.59. The van der Waals surface area contributed by atoms with Gasteiger partial charge in [0, 0.05) is 0 Å². The van der Waals surface area contributed by atoms with Gasteiger partial charge >= 0.3 is 6.18 Å². The van der Waals surface area contributed by atoms with Crippen LogP contribution in [0.5, 0.6) is 23.0 Å². The first kappa shape index (κ1) is 17.1. The van der Waals surface area contributed by atoms with Gasteiger partial charge in [-0.25, -0.2) is 0 Å². The monoisotopic (exact) mass is 361 g/mol. The minimum Gasteiger partial charge on any atom is -0.449 e. The average molecular weight is 361 g/mol. The maximum Gasteiger partial charge on any atom is 0.416 e. The van der Waals surface area contributed by atoms with E-state index in [2.05, 4.69) is 10.5 Å². The van der Waals surface area contributed by atoms with E-state index in [1.165, 1.54) is 0 Å². The number of nitrogens with two attached hydrogens (primary N) is 1. The SMILES string of the molecule is N#C/C(=N\Nc1cc(C(F)(F)F)cc2c1Oc1ccccc1O2)C(=N)N. The van der Waals surface area contributed by atoms with Crippen LogP contribution in [0.25, 0.3) is 0 Å². The highest BCUT2D eigenvalue weighted by Gasteiger charge is 2.34. The Bertz CT molecular complexity index is 963. The van der Waals surface area contributed by atoms with Gasteiger partial charge in [-0.3, -0.25) is 10.8 Å². The van der Waals surface area contributed by atoms with Crippen molar-refractivity contribution in [1.82, 2.24) is 0 Å². The molecule has 0 fully saturated rings. The van der Waals surface area contributed by atoms with E-state index < -0.39 is 23.3 Å². The third-order valence-electron chi connectivity index (χ3n) is 3.31. The van der Waals surface area contributed by atoms with Crippen LogP contribution in [0.1, 0.15) is 5.56 Å². The van der Waals surface area contributed by atoms with Gasteiger partial charge < -0.3 is 15.2 Å². The van der Waals surface area contributed by atoms with E-state index in [1.54, 1.807) is 30.3 Å². The molecule has 7 nitrogen and oxygen atoms in total. The van der Waals surface area contributed by atoms with Crippen molar-refractivity contribution in [3.8, 4) is 29.1 Å². The van der Waals surface area contributed by atoms with E-state index in [0.717, 1.165) is 12.1 Å². The molecule has 4 N–H and O–H groups in total. The van der Waals surface area contributed by atoms with Crippen LogP contribution in [0.2, 0.25) is 0 Å². The molecule has 0 spiro atoms. The second-order valence-corrected chi connectivity index (χ2v) is 5.10. The Morgan fingerprint density at radius 1 is 1.15 bits per heavy atom. The number of fused-ring (bicyclic) bond motifs is 2. The van der Waals surface area contributed by atoms with Gasteiger partial charge in [-0.05, 0) is 24.3 Å². The van der Waals surface area contributed by atoms with Gasteiger partial charge in [-0.1, -0.05) is 12.1 Å². The van der Waals surface area contributed by atoms with Crippen LogP contribution in [0.4, 0.5) is 18.9 Å². The molecule has 0 saturated heterocycles. The predicted octanol–water partition coefficient (Wildman–Crippen LogP) is 3.83. The van der Waals surface area contributed by atoms with Crippen molar-refractivity contribution in [3.05, 3.63) is 42.0 Å². The standard InChI is InChI=1S/C16H10F3N5O2/c17-16(18,19)8-5-9(23-24-10(7-20)15(21)22)14-13(6-8)25-11-3-1-2-4-12(11)26-14/h1-6,23H,(H3,21,22)/b24-10+. The molecular weight excluding hydrogens is 351 g/mol. The minimum absolute atomic E-state index is 0.0405. The lowest BCUT2D eigenvalue weighted by molar-refractivity contribution is -0.137. The second kappa shape index (κ2) is 6.29. The van der Waals surface area contributed by atoms with Crippen LogP contribution in [0.3, 0.4) is 0 Å². The van der Waals surface area contributed by atoms with E-state index in [1.807, 2.05) is 0 Å². The van der Waals surface area contributed by atoms with E-state index in [4.69, 9.17) is 25.9 Å². The number of halogens is 3. The summed E-state index contributed by atoms with van der Waals surface area (Å²) in [6, 6.07) is 9.57. The smallest absolute Gasteiger partial charge is 0.416 e. The van der Waals surface area contributed by atoms with Gasteiger partial charge in [-0.15, -0.1) is 0 Å². The number of nitriles is 1. The molecule has 0 aromatic heterocycles. The fraction of sp³-hybridized carbons (Fsp3) is 0.0625. The lowest BCUT2D eigenvalue weighted by Crippen LogP contribution is -2.22. The Morgan fingerprint density at radius 3 is 2.38 bits per heavy atom. The molecule has 10 heteroatoms. The Labute approximate surface area is 144 Å². The quantitative estimate of drug-likeness (QED) is 0.372. The third kappa shape index (κ3) is 3.23. The summed E-state index contributed by atoms with van der Waals surface area (Å²) in [6.07, 6.45) is -4.64. The number of nitrogens with zero attached hydrogens (tertiary/aromatic N) is 2. The van der Waals surface area contributed by atoms with Gasteiger partial charge in [0.05, 0.1) is 5.56 Å². The second-order valence-electron chi connectivity index (χ2n) is 5.10. The Balaban J connectivity index is 2.09. The lowest BCUT2D eigenvalue weighted by atomic mass is 10.1. The molecule has 1 aliphatic heterocycles. The van der Waals surface area contributed by atoms with Gasteiger partial charge in [-0.2, -0.15) is 23.5 Å². The van der Waals surface area contributed by atoms with Crippen molar-refractivity contribution in [1.29, 1.82) is 10.7 Å². The number of benzene rings is 2. The number of hydrogen-bond acceptors (Lipinski definition) is 6. The van der Waals surface area contributed by atoms with Crippen LogP contribution < -0.4 is 20.6 Å². The zero-order valence-electron chi connectivity index (χ0n) is 12.9. The molecule has 0 radical (unpaired) electrons. The number of hydrazone groups is 1. The Kier molecular flexibility index (Phi) is 4.13. The molecule has 0 unspecified atom stereocenters. The zero-order chi connectivity index (χ0) is 18.9. The molecule has 2 aromatic carbocycles. The molecule has 0 atom stereocenters. The lowest BCUT2D eigenvalue weighted by Gasteiger charge is -2.23. The van der Waals surface area contributed by atoms with Gasteiger partial charge in [0.1, 0.15) is 11.8 Å². The van der Waals surface area contributed by atoms with E-state index in [0.29, 0.717) is 5.75 Å². The Morgan fingerprint density at radius 2 is 1.81 bits per heavy atom. The molecule has 132 valence electrons. The largest absolute Gasteiger partial charge is 0.449 e. The van der Waals surface area contributed by atoms with Crippen LogP contribution in [0.15, 0.2) is 41.5 Å². The number of anilines is 1. The number of rotatable bonds is 3. The number of alkyl halides is 3. The summed E-state index contributed by atoms with van der Waals surface area (Å²) >= 11 is 0. The maximum absolute atomic E-state index is 13.2. The molecule has 0 saturated carbocycles. The zero-order valence-corrected chi connectivity index (χ0v) is 12.9. The molecule has 2 aromatic rings. The van der Waals surface area contributed by atoms with Crippen molar-refractivity contribution in [3.63, 3.8) is 0 Å². The van der Waals surface area contributed by atoms with E-state index in [-0.39, 0.29) is 22.9 Å². The molecule has 0 aliphatic carbocycles. The molecule has 0 amide bonds. The minimum atomic E-state index is -4.64. The fourth-order valence-electron chi connectivity index (χ4n) is 2.14. The molecule has 1 aliphatic rings. The summed E-state index contributed by atoms with van der Waals surface area (Å²) in [5, 5.41) is 19.6. The first-order valence-corrected chi connectivity index (χ1v) is 7.07.